The van der Waals surface area contributed by atoms with Crippen LogP contribution >= 0.6 is 23.2 Å². The van der Waals surface area contributed by atoms with Crippen molar-refractivity contribution in [2.45, 2.75) is 24.2 Å². The summed E-state index contributed by atoms with van der Waals surface area (Å²) in [5, 5.41) is 8.24. The minimum atomic E-state index is -5.19. The van der Waals surface area contributed by atoms with Gasteiger partial charge in [0, 0.05) is 22.0 Å². The lowest BCUT2D eigenvalue weighted by Gasteiger charge is -2.32. The van der Waals surface area contributed by atoms with E-state index in [4.69, 9.17) is 23.2 Å². The normalized spacial score (nSPS) is 14.8. The molecule has 2 rings (SSSR count). The van der Waals surface area contributed by atoms with Gasteiger partial charge in [-0.1, -0.05) is 68.6 Å². The summed E-state index contributed by atoms with van der Waals surface area (Å²) in [5.41, 5.74) is -1.11. The predicted octanol–water partition coefficient (Wildman–Crippen LogP) is 4.63. The van der Waals surface area contributed by atoms with E-state index in [1.54, 1.807) is 0 Å². The Morgan fingerprint density at radius 3 is 2.17 bits per heavy atom. The summed E-state index contributed by atoms with van der Waals surface area (Å²) < 4.78 is 70.4. The molecule has 2 N–H and O–H groups in total. The maximum atomic E-state index is 14.8. The Labute approximate surface area is 176 Å². The summed E-state index contributed by atoms with van der Waals surface area (Å²) in [6, 6.07) is 6.45. The molecule has 0 bridgehead atoms. The Bertz CT molecular complexity index is 933. The van der Waals surface area contributed by atoms with Crippen molar-refractivity contribution >= 4 is 35.1 Å². The van der Waals surface area contributed by atoms with E-state index in [0.717, 1.165) is 12.1 Å². The van der Waals surface area contributed by atoms with Crippen LogP contribution in [0.15, 0.2) is 48.5 Å². The molecule has 0 saturated carbocycles. The third-order valence-electron chi connectivity index (χ3n) is 4.13. The van der Waals surface area contributed by atoms with Gasteiger partial charge < -0.3 is 10.4 Å². The lowest BCUT2D eigenvalue weighted by molar-refractivity contribution is -0.334. The van der Waals surface area contributed by atoms with Crippen LogP contribution in [0.4, 0.5) is 22.1 Å². The summed E-state index contributed by atoms with van der Waals surface area (Å²) in [4.78, 5) is 23.6. The number of benzene rings is 2. The monoisotopic (exact) mass is 470 g/mol. The molecule has 12 heteroatoms. The molecule has 0 aliphatic heterocycles. The molecule has 2 aromatic rings. The molecule has 30 heavy (non-hydrogen) atoms. The number of alkyl halides is 3. The van der Waals surface area contributed by atoms with E-state index in [2.05, 4.69) is 0 Å². The van der Waals surface area contributed by atoms with E-state index < -0.39 is 47.0 Å². The molecule has 2 atom stereocenters. The summed E-state index contributed by atoms with van der Waals surface area (Å²) >= 11 is 11.6. The van der Waals surface area contributed by atoms with Crippen molar-refractivity contribution < 1.29 is 36.8 Å². The fourth-order valence-corrected chi connectivity index (χ4v) is 3.01. The highest BCUT2D eigenvalue weighted by Crippen LogP contribution is 2.44. The zero-order valence-corrected chi connectivity index (χ0v) is 16.3. The minimum Gasteiger partial charge on any atom is -0.480 e. The lowest BCUT2D eigenvalue weighted by Crippen LogP contribution is -2.62. The van der Waals surface area contributed by atoms with Gasteiger partial charge in [0.15, 0.2) is 0 Å². The average molecular weight is 471 g/mol. The van der Waals surface area contributed by atoms with Crippen LogP contribution in [0.3, 0.4) is 0 Å². The van der Waals surface area contributed by atoms with E-state index in [1.807, 2.05) is 0 Å². The van der Waals surface area contributed by atoms with Gasteiger partial charge in [-0.2, -0.15) is 8.78 Å². The number of carbonyl (C=O) groups is 2. The Kier molecular flexibility index (Phi) is 7.27. The van der Waals surface area contributed by atoms with Crippen molar-refractivity contribution in [1.82, 2.24) is 10.7 Å². The van der Waals surface area contributed by atoms with Gasteiger partial charge >= 0.3 is 17.7 Å². The zero-order chi connectivity index (χ0) is 22.7. The third kappa shape index (κ3) is 4.66. The number of carboxylic acids is 1. The molecule has 0 fully saturated rings. The average Bonchev–Trinajstić information content (AvgIpc) is 2.68. The maximum absolute atomic E-state index is 14.8. The van der Waals surface area contributed by atoms with Crippen molar-refractivity contribution in [3.8, 4) is 0 Å². The summed E-state index contributed by atoms with van der Waals surface area (Å²) in [5.74, 6) is -14.5. The molecule has 0 saturated heterocycles. The molecular formula is C18H13Cl2F5N2O3. The van der Waals surface area contributed by atoms with Crippen LogP contribution in [0, 0.1) is 0 Å². The van der Waals surface area contributed by atoms with Gasteiger partial charge in [-0.05, 0) is 17.7 Å². The quantitative estimate of drug-likeness (QED) is 0.335. The molecule has 0 unspecified atom stereocenters. The molecule has 0 aliphatic carbocycles. The Morgan fingerprint density at radius 2 is 1.67 bits per heavy atom. The van der Waals surface area contributed by atoms with Gasteiger partial charge in [-0.15, -0.1) is 0 Å². The predicted molar refractivity (Wildman–Crippen MR) is 98.0 cm³/mol. The van der Waals surface area contributed by atoms with Gasteiger partial charge in [0.05, 0.1) is 5.34 Å². The highest BCUT2D eigenvalue weighted by molar-refractivity contribution is 6.35. The highest BCUT2D eigenvalue weighted by atomic mass is 35.5. The first-order valence-corrected chi connectivity index (χ1v) is 8.88. The zero-order valence-electron chi connectivity index (χ0n) is 14.8. The number of carboxylic acid groups (broad SMARTS) is 1. The number of hydrogen-bond donors (Lipinski definition) is 2. The van der Waals surface area contributed by atoms with Crippen molar-refractivity contribution in [3.05, 3.63) is 69.7 Å². The second-order valence-corrected chi connectivity index (χ2v) is 6.94. The van der Waals surface area contributed by atoms with Crippen LogP contribution in [0.5, 0.6) is 0 Å². The Hall–Kier alpha value is -2.43. The van der Waals surface area contributed by atoms with E-state index >= 15 is 0 Å². The number of aliphatic carboxylic acids is 1. The van der Waals surface area contributed by atoms with Crippen molar-refractivity contribution in [2.24, 2.45) is 0 Å². The molecule has 0 spiro atoms. The molecule has 1 amide bonds. The lowest BCUT2D eigenvalue weighted by atomic mass is 9.97. The number of rotatable bonds is 8. The first-order chi connectivity index (χ1) is 13.9. The fraction of sp³-hybridized carbons (Fsp3) is 0.222. The number of nitrogens with one attached hydrogen (secondary N) is 1. The second kappa shape index (κ2) is 9.15. The number of amides is 1. The highest BCUT2D eigenvalue weighted by Gasteiger charge is 2.68. The summed E-state index contributed by atoms with van der Waals surface area (Å²) in [6.45, 7) is 0. The van der Waals surface area contributed by atoms with Gasteiger partial charge in [-0.3, -0.25) is 4.79 Å². The number of hydrogen-bond acceptors (Lipinski definition) is 3. The smallest absolute Gasteiger partial charge is 0.364 e. The molecule has 0 heterocycles. The van der Waals surface area contributed by atoms with Crippen LogP contribution in [0.1, 0.15) is 11.1 Å². The maximum Gasteiger partial charge on any atom is 0.364 e. The second-order valence-electron chi connectivity index (χ2n) is 6.10. The topological polar surface area (TPSA) is 69.6 Å². The molecule has 0 aromatic heterocycles. The van der Waals surface area contributed by atoms with Crippen molar-refractivity contribution in [1.29, 1.82) is 0 Å². The number of nitrogens with zero attached hydrogens (tertiary/aromatic N) is 1. The molecule has 5 nitrogen and oxygen atoms in total. The first kappa shape index (κ1) is 23.8. The molecule has 162 valence electrons. The van der Waals surface area contributed by atoms with Crippen LogP contribution in [-0.2, 0) is 21.9 Å². The largest absolute Gasteiger partial charge is 0.480 e. The van der Waals surface area contributed by atoms with Crippen molar-refractivity contribution in [2.75, 3.05) is 0 Å². The SMILES string of the molecule is O=C(O)[C@H](Cc1ccc(Cl)cc1Cl)NC(=O)[C@@](F)(N(F)F)C(F)(F)c1ccccc1. The first-order valence-electron chi connectivity index (χ1n) is 8.13. The molecule has 0 radical (unpaired) electrons. The number of carbonyl (C=O) groups excluding carboxylic acids is 1. The van der Waals surface area contributed by atoms with E-state index in [0.29, 0.717) is 12.1 Å². The summed E-state index contributed by atoms with van der Waals surface area (Å²) in [6.07, 6.45) is -0.608. The molecule has 0 aliphatic rings. The van der Waals surface area contributed by atoms with E-state index in [9.17, 15) is 36.8 Å². The van der Waals surface area contributed by atoms with Crippen LogP contribution < -0.4 is 5.32 Å². The van der Waals surface area contributed by atoms with Gasteiger partial charge in [0.25, 0.3) is 5.91 Å². The van der Waals surface area contributed by atoms with Crippen LogP contribution in [0.25, 0.3) is 0 Å². The van der Waals surface area contributed by atoms with Crippen molar-refractivity contribution in [3.63, 3.8) is 0 Å². The molecular weight excluding hydrogens is 458 g/mol. The van der Waals surface area contributed by atoms with Gasteiger partial charge in [0.1, 0.15) is 6.04 Å². The standard InChI is InChI=1S/C18H13Cl2F5N2O3/c19-12-7-6-10(13(20)9-12)8-14(15(28)29)26-16(30)18(23,27(24)25)17(21,22)11-4-2-1-3-5-11/h1-7,9,14H,8H2,(H,26,30)(H,28,29)/t14-,18+/m0/s1. The third-order valence-corrected chi connectivity index (χ3v) is 4.72. The van der Waals surface area contributed by atoms with Gasteiger partial charge in [0.2, 0.25) is 0 Å². The van der Waals surface area contributed by atoms with Crippen LogP contribution in [0.2, 0.25) is 10.0 Å². The minimum absolute atomic E-state index is 0.0262. The van der Waals surface area contributed by atoms with Gasteiger partial charge in [-0.25, -0.2) is 9.18 Å². The Morgan fingerprint density at radius 1 is 1.07 bits per heavy atom. The molecule has 2 aromatic carbocycles. The Balaban J connectivity index is 2.36. The fourth-order valence-electron chi connectivity index (χ4n) is 2.53. The van der Waals surface area contributed by atoms with Crippen LogP contribution in [-0.4, -0.2) is 34.2 Å². The summed E-state index contributed by atoms with van der Waals surface area (Å²) in [7, 11) is 0. The number of halogens is 7. The van der Waals surface area contributed by atoms with E-state index in [-0.39, 0.29) is 15.6 Å². The van der Waals surface area contributed by atoms with E-state index in [1.165, 1.54) is 29.6 Å².